The highest BCUT2D eigenvalue weighted by Crippen LogP contribution is 2.06. The molecule has 0 aliphatic carbocycles. The van der Waals surface area contributed by atoms with E-state index in [4.69, 9.17) is 14.4 Å². The summed E-state index contributed by atoms with van der Waals surface area (Å²) in [6.07, 6.45) is 0. The Hall–Kier alpha value is -1.02. The summed E-state index contributed by atoms with van der Waals surface area (Å²) in [7, 11) is 0. The number of aromatic nitrogens is 2. The number of nitrogens with zero attached hydrogens (tertiary/aromatic N) is 4. The molecule has 1 aliphatic heterocycles. The Labute approximate surface area is 113 Å². The maximum absolute atomic E-state index is 8.61. The maximum atomic E-state index is 8.61. The molecule has 1 N–H and O–H groups in total. The molecule has 0 atom stereocenters. The molecule has 0 spiro atoms. The molecule has 7 nitrogen and oxygen atoms in total. The van der Waals surface area contributed by atoms with Gasteiger partial charge in [0.1, 0.15) is 0 Å². The first-order valence-corrected chi connectivity index (χ1v) is 6.70. The van der Waals surface area contributed by atoms with Crippen LogP contribution in [0.1, 0.15) is 11.7 Å². The fourth-order valence-electron chi connectivity index (χ4n) is 2.13. The lowest BCUT2D eigenvalue weighted by molar-refractivity contribution is 0.0545. The zero-order valence-electron chi connectivity index (χ0n) is 11.4. The van der Waals surface area contributed by atoms with E-state index in [1.165, 1.54) is 0 Å². The Balaban J connectivity index is 1.62. The van der Waals surface area contributed by atoms with E-state index < -0.39 is 0 Å². The summed E-state index contributed by atoms with van der Waals surface area (Å²) in [6, 6.07) is 0. The van der Waals surface area contributed by atoms with Gasteiger partial charge in [-0.25, -0.2) is 0 Å². The molecule has 7 heteroatoms. The molecular weight excluding hydrogens is 248 g/mol. The van der Waals surface area contributed by atoms with Crippen molar-refractivity contribution in [3.8, 4) is 0 Å². The van der Waals surface area contributed by atoms with Crippen LogP contribution in [0.15, 0.2) is 4.52 Å². The van der Waals surface area contributed by atoms with E-state index in [1.807, 2.05) is 6.92 Å². The van der Waals surface area contributed by atoms with Gasteiger partial charge in [0, 0.05) is 32.7 Å². The molecule has 0 radical (unpaired) electrons. The first-order chi connectivity index (χ1) is 9.28. The van der Waals surface area contributed by atoms with E-state index in [-0.39, 0.29) is 6.61 Å². The van der Waals surface area contributed by atoms with Crippen molar-refractivity contribution in [3.63, 3.8) is 0 Å². The van der Waals surface area contributed by atoms with Gasteiger partial charge in [-0.15, -0.1) is 0 Å². The van der Waals surface area contributed by atoms with E-state index in [0.29, 0.717) is 24.9 Å². The Kier molecular flexibility index (Phi) is 5.71. The van der Waals surface area contributed by atoms with E-state index in [9.17, 15) is 0 Å². The summed E-state index contributed by atoms with van der Waals surface area (Å²) in [5.41, 5.74) is 0. The lowest BCUT2D eigenvalue weighted by Gasteiger charge is -2.33. The zero-order chi connectivity index (χ0) is 13.5. The number of hydrogen-bond donors (Lipinski definition) is 1. The molecular formula is C12H22N4O3. The van der Waals surface area contributed by atoms with Crippen LogP contribution in [0, 0.1) is 6.92 Å². The lowest BCUT2D eigenvalue weighted by atomic mass is 10.3. The molecule has 0 saturated carbocycles. The quantitative estimate of drug-likeness (QED) is 0.670. The van der Waals surface area contributed by atoms with Gasteiger partial charge in [0.25, 0.3) is 0 Å². The third-order valence-corrected chi connectivity index (χ3v) is 3.18. The van der Waals surface area contributed by atoms with Crippen molar-refractivity contribution in [2.75, 3.05) is 52.5 Å². The first kappa shape index (κ1) is 14.4. The standard InChI is InChI=1S/C12H22N4O3/c1-11-13-12(19-14-11)10-16-4-2-15(3-5-16)6-8-18-9-7-17/h17H,2-10H2,1H3. The van der Waals surface area contributed by atoms with Gasteiger partial charge in [0.15, 0.2) is 5.82 Å². The van der Waals surface area contributed by atoms with Crippen molar-refractivity contribution >= 4 is 0 Å². The van der Waals surface area contributed by atoms with Crippen LogP contribution in [-0.2, 0) is 11.3 Å². The molecule has 1 saturated heterocycles. The van der Waals surface area contributed by atoms with Gasteiger partial charge in [0.05, 0.1) is 26.4 Å². The van der Waals surface area contributed by atoms with Gasteiger partial charge in [-0.2, -0.15) is 4.98 Å². The normalized spacial score (nSPS) is 18.0. The number of aliphatic hydroxyl groups excluding tert-OH is 1. The highest BCUT2D eigenvalue weighted by Gasteiger charge is 2.18. The van der Waals surface area contributed by atoms with E-state index in [0.717, 1.165) is 39.3 Å². The molecule has 1 fully saturated rings. The van der Waals surface area contributed by atoms with Crippen LogP contribution in [0.25, 0.3) is 0 Å². The van der Waals surface area contributed by atoms with Crippen LogP contribution >= 0.6 is 0 Å². The van der Waals surface area contributed by atoms with Crippen LogP contribution in [0.4, 0.5) is 0 Å². The Morgan fingerprint density at radius 1 is 1.21 bits per heavy atom. The molecule has 19 heavy (non-hydrogen) atoms. The molecule has 2 rings (SSSR count). The Morgan fingerprint density at radius 3 is 2.58 bits per heavy atom. The minimum atomic E-state index is 0.0946. The number of aliphatic hydroxyl groups is 1. The van der Waals surface area contributed by atoms with Gasteiger partial charge >= 0.3 is 0 Å². The summed E-state index contributed by atoms with van der Waals surface area (Å²) in [5, 5.41) is 12.4. The van der Waals surface area contributed by atoms with E-state index >= 15 is 0 Å². The summed E-state index contributed by atoms with van der Waals surface area (Å²) in [4.78, 5) is 8.90. The molecule has 0 amide bonds. The van der Waals surface area contributed by atoms with Crippen molar-refractivity contribution in [1.29, 1.82) is 0 Å². The first-order valence-electron chi connectivity index (χ1n) is 6.70. The smallest absolute Gasteiger partial charge is 0.240 e. The summed E-state index contributed by atoms with van der Waals surface area (Å²) in [6.45, 7) is 8.74. The average Bonchev–Trinajstić information content (AvgIpc) is 2.82. The second-order valence-electron chi connectivity index (χ2n) is 4.69. The molecule has 0 unspecified atom stereocenters. The van der Waals surface area contributed by atoms with Crippen LogP contribution in [0.5, 0.6) is 0 Å². The molecule has 108 valence electrons. The van der Waals surface area contributed by atoms with Gasteiger partial charge in [-0.3, -0.25) is 9.80 Å². The number of hydrogen-bond acceptors (Lipinski definition) is 7. The number of aryl methyl sites for hydroxylation is 1. The minimum absolute atomic E-state index is 0.0946. The van der Waals surface area contributed by atoms with Crippen LogP contribution in [0.3, 0.4) is 0 Å². The monoisotopic (exact) mass is 270 g/mol. The largest absolute Gasteiger partial charge is 0.394 e. The van der Waals surface area contributed by atoms with Crippen LogP contribution in [-0.4, -0.2) is 77.6 Å². The van der Waals surface area contributed by atoms with Crippen molar-refractivity contribution in [2.24, 2.45) is 0 Å². The van der Waals surface area contributed by atoms with Gasteiger partial charge in [0.2, 0.25) is 5.89 Å². The second kappa shape index (κ2) is 7.54. The third kappa shape index (κ3) is 4.87. The highest BCUT2D eigenvalue weighted by atomic mass is 16.5. The third-order valence-electron chi connectivity index (χ3n) is 3.18. The van der Waals surface area contributed by atoms with Gasteiger partial charge in [-0.05, 0) is 6.92 Å². The van der Waals surface area contributed by atoms with E-state index in [1.54, 1.807) is 0 Å². The molecule has 1 aliphatic rings. The minimum Gasteiger partial charge on any atom is -0.394 e. The summed E-state index contributed by atoms with van der Waals surface area (Å²) >= 11 is 0. The van der Waals surface area contributed by atoms with Crippen molar-refractivity contribution in [2.45, 2.75) is 13.5 Å². The molecule has 1 aromatic rings. The SMILES string of the molecule is Cc1noc(CN2CCN(CCOCCO)CC2)n1. The molecule has 0 aromatic carbocycles. The second-order valence-corrected chi connectivity index (χ2v) is 4.69. The molecule has 2 heterocycles. The predicted octanol–water partition coefficient (Wildman–Crippen LogP) is -0.495. The topological polar surface area (TPSA) is 74.9 Å². The average molecular weight is 270 g/mol. The van der Waals surface area contributed by atoms with Gasteiger partial charge < -0.3 is 14.4 Å². The fraction of sp³-hybridized carbons (Fsp3) is 0.833. The summed E-state index contributed by atoms with van der Waals surface area (Å²) in [5.74, 6) is 1.38. The van der Waals surface area contributed by atoms with Crippen LogP contribution in [0.2, 0.25) is 0 Å². The van der Waals surface area contributed by atoms with Gasteiger partial charge in [-0.1, -0.05) is 5.16 Å². The number of piperazine rings is 1. The fourth-order valence-corrected chi connectivity index (χ4v) is 2.13. The number of rotatable bonds is 7. The maximum Gasteiger partial charge on any atom is 0.240 e. The summed E-state index contributed by atoms with van der Waals surface area (Å²) < 4.78 is 10.4. The van der Waals surface area contributed by atoms with Crippen molar-refractivity contribution < 1.29 is 14.4 Å². The molecule has 1 aromatic heterocycles. The predicted molar refractivity (Wildman–Crippen MR) is 68.7 cm³/mol. The van der Waals surface area contributed by atoms with Crippen LogP contribution < -0.4 is 0 Å². The van der Waals surface area contributed by atoms with Crippen molar-refractivity contribution in [1.82, 2.24) is 19.9 Å². The highest BCUT2D eigenvalue weighted by molar-refractivity contribution is 4.84. The Morgan fingerprint density at radius 2 is 1.95 bits per heavy atom. The Bertz CT molecular complexity index is 364. The van der Waals surface area contributed by atoms with E-state index in [2.05, 4.69) is 19.9 Å². The van der Waals surface area contributed by atoms with Crippen molar-refractivity contribution in [3.05, 3.63) is 11.7 Å². The zero-order valence-corrected chi connectivity index (χ0v) is 11.4. The molecule has 0 bridgehead atoms. The number of ether oxygens (including phenoxy) is 1. The lowest BCUT2D eigenvalue weighted by Crippen LogP contribution is -2.46.